The molecule has 0 aliphatic heterocycles. The zero-order valence-corrected chi connectivity index (χ0v) is 11.2. The van der Waals surface area contributed by atoms with Gasteiger partial charge in [-0.15, -0.1) is 0 Å². The third-order valence-electron chi connectivity index (χ3n) is 2.37. The molecule has 0 fully saturated rings. The fourth-order valence-electron chi connectivity index (χ4n) is 1.20. The Hall–Kier alpha value is -1.07. The van der Waals surface area contributed by atoms with Crippen molar-refractivity contribution in [2.24, 2.45) is 0 Å². The molecule has 1 aromatic rings. The van der Waals surface area contributed by atoms with Crippen LogP contribution in [0.4, 0.5) is 0 Å². The molecule has 4 nitrogen and oxygen atoms in total. The molecule has 0 heterocycles. The molecule has 0 saturated carbocycles. The zero-order chi connectivity index (χ0) is 13.1. The third kappa shape index (κ3) is 4.02. The second-order valence-electron chi connectivity index (χ2n) is 3.75. The lowest BCUT2D eigenvalue weighted by molar-refractivity contribution is 0.0939. The van der Waals surface area contributed by atoms with E-state index in [9.17, 15) is 13.2 Å². The third-order valence-corrected chi connectivity index (χ3v) is 3.72. The zero-order valence-electron chi connectivity index (χ0n) is 9.60. The van der Waals surface area contributed by atoms with Crippen LogP contribution < -0.4 is 5.32 Å². The van der Waals surface area contributed by atoms with Gasteiger partial charge in [-0.25, -0.2) is 8.42 Å². The summed E-state index contributed by atoms with van der Waals surface area (Å²) in [5.74, 6) is -0.304. The first-order valence-electron chi connectivity index (χ1n) is 5.20. The van der Waals surface area contributed by atoms with Crippen molar-refractivity contribution in [3.05, 3.63) is 29.8 Å². The molecule has 1 aromatic carbocycles. The molecule has 0 radical (unpaired) electrons. The van der Waals surface area contributed by atoms with Gasteiger partial charge in [0.2, 0.25) is 0 Å². The van der Waals surface area contributed by atoms with Crippen LogP contribution in [0.25, 0.3) is 0 Å². The highest BCUT2D eigenvalue weighted by Gasteiger charge is 2.14. The maximum absolute atomic E-state index is 11.7. The van der Waals surface area contributed by atoms with Crippen LogP contribution in [0.5, 0.6) is 0 Å². The van der Waals surface area contributed by atoms with Crippen LogP contribution >= 0.6 is 10.7 Å². The molecule has 0 aliphatic rings. The van der Waals surface area contributed by atoms with E-state index < -0.39 is 9.05 Å². The first-order valence-corrected chi connectivity index (χ1v) is 7.51. The van der Waals surface area contributed by atoms with Crippen molar-refractivity contribution in [1.82, 2.24) is 5.32 Å². The average molecular weight is 276 g/mol. The highest BCUT2D eigenvalue weighted by molar-refractivity contribution is 8.13. The summed E-state index contributed by atoms with van der Waals surface area (Å²) >= 11 is 0. The maximum Gasteiger partial charge on any atom is 0.261 e. The molecule has 0 bridgehead atoms. The number of rotatable bonds is 4. The second-order valence-corrected chi connectivity index (χ2v) is 6.31. The monoisotopic (exact) mass is 275 g/mol. The van der Waals surface area contributed by atoms with Crippen molar-refractivity contribution < 1.29 is 13.2 Å². The Labute approximate surface area is 105 Å². The number of carbonyl (C=O) groups excluding carboxylic acids is 1. The number of halogens is 1. The van der Waals surface area contributed by atoms with E-state index in [-0.39, 0.29) is 22.4 Å². The fourth-order valence-corrected chi connectivity index (χ4v) is 1.99. The molecule has 0 aliphatic carbocycles. The predicted octanol–water partition coefficient (Wildman–Crippen LogP) is 2.14. The Morgan fingerprint density at radius 1 is 1.47 bits per heavy atom. The van der Waals surface area contributed by atoms with Gasteiger partial charge in [0, 0.05) is 22.3 Å². The Balaban J connectivity index is 2.97. The average Bonchev–Trinajstić information content (AvgIpc) is 2.28. The minimum atomic E-state index is -3.80. The first kappa shape index (κ1) is 14.0. The van der Waals surface area contributed by atoms with Crippen LogP contribution in [0, 0.1) is 0 Å². The van der Waals surface area contributed by atoms with Crippen LogP contribution in [0.2, 0.25) is 0 Å². The van der Waals surface area contributed by atoms with Gasteiger partial charge in [-0.2, -0.15) is 0 Å². The summed E-state index contributed by atoms with van der Waals surface area (Å²) in [5.41, 5.74) is 0.284. The molecular formula is C11H14ClNO3S. The van der Waals surface area contributed by atoms with Crippen molar-refractivity contribution in [2.75, 3.05) is 0 Å². The summed E-state index contributed by atoms with van der Waals surface area (Å²) in [7, 11) is 1.41. The van der Waals surface area contributed by atoms with E-state index in [0.717, 1.165) is 6.42 Å². The number of hydrogen-bond donors (Lipinski definition) is 1. The van der Waals surface area contributed by atoms with Crippen molar-refractivity contribution in [3.8, 4) is 0 Å². The molecule has 1 atom stereocenters. The van der Waals surface area contributed by atoms with Gasteiger partial charge >= 0.3 is 0 Å². The van der Waals surface area contributed by atoms with Crippen LogP contribution in [0.1, 0.15) is 30.6 Å². The quantitative estimate of drug-likeness (QED) is 0.857. The molecule has 1 rings (SSSR count). The SMILES string of the molecule is CCC(C)NC(=O)c1cccc(S(=O)(=O)Cl)c1. The standard InChI is InChI=1S/C11H14ClNO3S/c1-3-8(2)13-11(14)9-5-4-6-10(7-9)17(12,15)16/h4-8H,3H2,1-2H3,(H,13,14). The molecule has 1 N–H and O–H groups in total. The number of nitrogens with one attached hydrogen (secondary N) is 1. The summed E-state index contributed by atoms with van der Waals surface area (Å²) < 4.78 is 22.2. The number of amides is 1. The van der Waals surface area contributed by atoms with Gasteiger partial charge in [-0.1, -0.05) is 13.0 Å². The van der Waals surface area contributed by atoms with Crippen molar-refractivity contribution in [2.45, 2.75) is 31.2 Å². The van der Waals surface area contributed by atoms with Gasteiger partial charge < -0.3 is 5.32 Å². The lowest BCUT2D eigenvalue weighted by Crippen LogP contribution is -2.31. The first-order chi connectivity index (χ1) is 7.84. The van der Waals surface area contributed by atoms with Crippen LogP contribution in [-0.4, -0.2) is 20.4 Å². The summed E-state index contributed by atoms with van der Waals surface area (Å²) in [5, 5.41) is 2.75. The summed E-state index contributed by atoms with van der Waals surface area (Å²) in [6, 6.07) is 5.69. The molecule has 17 heavy (non-hydrogen) atoms. The van der Waals surface area contributed by atoms with E-state index >= 15 is 0 Å². The largest absolute Gasteiger partial charge is 0.350 e. The van der Waals surface area contributed by atoms with E-state index in [0.29, 0.717) is 0 Å². The molecule has 0 aromatic heterocycles. The second kappa shape index (κ2) is 5.51. The summed E-state index contributed by atoms with van der Waals surface area (Å²) in [6.07, 6.45) is 0.805. The molecular weight excluding hydrogens is 262 g/mol. The number of benzene rings is 1. The van der Waals surface area contributed by atoms with Crippen molar-refractivity contribution in [3.63, 3.8) is 0 Å². The van der Waals surface area contributed by atoms with E-state index in [1.54, 1.807) is 6.07 Å². The predicted molar refractivity (Wildman–Crippen MR) is 66.7 cm³/mol. The summed E-state index contributed by atoms with van der Waals surface area (Å²) in [4.78, 5) is 11.7. The van der Waals surface area contributed by atoms with Gasteiger partial charge in [0.15, 0.2) is 0 Å². The van der Waals surface area contributed by atoms with E-state index in [2.05, 4.69) is 5.32 Å². The number of hydrogen-bond acceptors (Lipinski definition) is 3. The minimum Gasteiger partial charge on any atom is -0.350 e. The molecule has 94 valence electrons. The molecule has 0 saturated heterocycles. The highest BCUT2D eigenvalue weighted by atomic mass is 35.7. The summed E-state index contributed by atoms with van der Waals surface area (Å²) in [6.45, 7) is 3.82. The molecule has 1 unspecified atom stereocenters. The van der Waals surface area contributed by atoms with Gasteiger partial charge in [0.1, 0.15) is 0 Å². The Morgan fingerprint density at radius 3 is 2.65 bits per heavy atom. The van der Waals surface area contributed by atoms with Gasteiger partial charge in [-0.3, -0.25) is 4.79 Å². The number of carbonyl (C=O) groups is 1. The van der Waals surface area contributed by atoms with Crippen molar-refractivity contribution in [1.29, 1.82) is 0 Å². The van der Waals surface area contributed by atoms with E-state index in [1.807, 2.05) is 13.8 Å². The maximum atomic E-state index is 11.7. The Kier molecular flexibility index (Phi) is 4.54. The molecule has 1 amide bonds. The van der Waals surface area contributed by atoms with Gasteiger partial charge in [0.05, 0.1) is 4.90 Å². The normalized spacial score (nSPS) is 13.1. The smallest absolute Gasteiger partial charge is 0.261 e. The van der Waals surface area contributed by atoms with E-state index in [1.165, 1.54) is 18.2 Å². The Morgan fingerprint density at radius 2 is 2.12 bits per heavy atom. The molecule has 6 heteroatoms. The lowest BCUT2D eigenvalue weighted by Gasteiger charge is -2.11. The van der Waals surface area contributed by atoms with Crippen LogP contribution in [-0.2, 0) is 9.05 Å². The topological polar surface area (TPSA) is 63.2 Å². The van der Waals surface area contributed by atoms with Gasteiger partial charge in [-0.05, 0) is 31.5 Å². The fraction of sp³-hybridized carbons (Fsp3) is 0.364. The Bertz CT molecular complexity index is 513. The minimum absolute atomic E-state index is 0.0405. The van der Waals surface area contributed by atoms with Crippen LogP contribution in [0.15, 0.2) is 29.2 Å². The van der Waals surface area contributed by atoms with E-state index in [4.69, 9.17) is 10.7 Å². The van der Waals surface area contributed by atoms with Crippen LogP contribution in [0.3, 0.4) is 0 Å². The van der Waals surface area contributed by atoms with Crippen molar-refractivity contribution >= 4 is 25.6 Å². The molecule has 0 spiro atoms. The highest BCUT2D eigenvalue weighted by Crippen LogP contribution is 2.16. The lowest BCUT2D eigenvalue weighted by atomic mass is 10.2. The van der Waals surface area contributed by atoms with Gasteiger partial charge in [0.25, 0.3) is 15.0 Å².